The Labute approximate surface area is 164 Å². The molecule has 0 aromatic heterocycles. The van der Waals surface area contributed by atoms with Crippen LogP contribution in [-0.2, 0) is 10.3 Å². The molecule has 0 bridgehead atoms. The summed E-state index contributed by atoms with van der Waals surface area (Å²) in [5, 5.41) is 0. The number of halogens is 5. The molecule has 5 nitrogen and oxygen atoms in total. The number of allylic oxidation sites excluding steroid dienone is 1. The molecule has 1 aliphatic heterocycles. The van der Waals surface area contributed by atoms with E-state index in [-0.39, 0.29) is 5.56 Å². The van der Waals surface area contributed by atoms with Crippen LogP contribution in [0.4, 0.5) is 22.0 Å². The Morgan fingerprint density at radius 1 is 1.45 bits per heavy atom. The van der Waals surface area contributed by atoms with E-state index in [2.05, 4.69) is 26.6 Å². The van der Waals surface area contributed by atoms with Crippen molar-refractivity contribution in [3.05, 3.63) is 46.9 Å². The molecule has 2 rings (SSSR count). The van der Waals surface area contributed by atoms with Gasteiger partial charge in [0.05, 0.1) is 5.57 Å². The standard InChI is InChI=1S/C19H19F5N4O/c1-2-27-10-13(9-25)4-3-12-5-6-15(21)14(7-12)18(11-20)8-16(19(22,23)24)29-17(26)28-18/h5-7,9-10,16H,2,8,11,25H2,1H3,(H2,26,28)/t16-,18+/m0/s1. The van der Waals surface area contributed by atoms with E-state index in [1.807, 2.05) is 6.92 Å². The van der Waals surface area contributed by atoms with E-state index in [0.717, 1.165) is 12.1 Å². The molecule has 4 N–H and O–H groups in total. The molecule has 0 spiro atoms. The minimum Gasteiger partial charge on any atom is -0.452 e. The number of hydrogen-bond acceptors (Lipinski definition) is 5. The summed E-state index contributed by atoms with van der Waals surface area (Å²) >= 11 is 0. The third-order valence-electron chi connectivity index (χ3n) is 4.11. The van der Waals surface area contributed by atoms with Gasteiger partial charge in [-0.25, -0.2) is 13.8 Å². The second kappa shape index (κ2) is 8.94. The van der Waals surface area contributed by atoms with E-state index in [0.29, 0.717) is 12.1 Å². The van der Waals surface area contributed by atoms with Gasteiger partial charge in [-0.2, -0.15) is 13.2 Å². The Bertz CT molecular complexity index is 898. The average Bonchev–Trinajstić information content (AvgIpc) is 2.68. The van der Waals surface area contributed by atoms with Crippen LogP contribution in [0.15, 0.2) is 40.0 Å². The van der Waals surface area contributed by atoms with E-state index < -0.39 is 48.3 Å². The van der Waals surface area contributed by atoms with Crippen LogP contribution in [0, 0.1) is 17.7 Å². The lowest BCUT2D eigenvalue weighted by Crippen LogP contribution is -2.48. The van der Waals surface area contributed by atoms with Crippen LogP contribution >= 0.6 is 0 Å². The summed E-state index contributed by atoms with van der Waals surface area (Å²) in [6, 6.07) is 2.56. The molecule has 29 heavy (non-hydrogen) atoms. The number of aliphatic imine (C=N–C) groups is 2. The van der Waals surface area contributed by atoms with Gasteiger partial charge in [-0.05, 0) is 25.1 Å². The summed E-state index contributed by atoms with van der Waals surface area (Å²) in [6.45, 7) is 0.921. The van der Waals surface area contributed by atoms with Gasteiger partial charge in [0.1, 0.15) is 18.0 Å². The number of nitrogens with two attached hydrogens (primary N) is 2. The second-order valence-corrected chi connectivity index (χ2v) is 6.16. The molecule has 0 amide bonds. The minimum atomic E-state index is -4.83. The Morgan fingerprint density at radius 2 is 2.17 bits per heavy atom. The second-order valence-electron chi connectivity index (χ2n) is 6.16. The van der Waals surface area contributed by atoms with Crippen molar-refractivity contribution < 1.29 is 26.7 Å². The van der Waals surface area contributed by atoms with Crippen LogP contribution in [0.2, 0.25) is 0 Å². The third-order valence-corrected chi connectivity index (χ3v) is 4.11. The van der Waals surface area contributed by atoms with Gasteiger partial charge in [0.15, 0.2) is 6.10 Å². The number of hydrogen-bond donors (Lipinski definition) is 2. The SMILES string of the molecule is CCN=CC(C#Cc1ccc(F)c([C@]2(CF)C[C@@H](C(F)(F)F)OC(N)=N2)c1)=CN. The zero-order valence-corrected chi connectivity index (χ0v) is 15.4. The molecule has 1 aromatic carbocycles. The summed E-state index contributed by atoms with van der Waals surface area (Å²) in [7, 11) is 0. The Hall–Kier alpha value is -3.09. The molecule has 2 atom stereocenters. The van der Waals surface area contributed by atoms with Crippen molar-refractivity contribution in [2.75, 3.05) is 13.2 Å². The van der Waals surface area contributed by atoms with E-state index in [4.69, 9.17) is 11.5 Å². The minimum absolute atomic E-state index is 0.224. The normalized spacial score (nSPS) is 22.6. The Balaban J connectivity index is 2.50. The van der Waals surface area contributed by atoms with Crippen molar-refractivity contribution in [3.8, 4) is 11.8 Å². The molecule has 0 saturated carbocycles. The first-order valence-corrected chi connectivity index (χ1v) is 8.53. The van der Waals surface area contributed by atoms with E-state index in [9.17, 15) is 22.0 Å². The predicted octanol–water partition coefficient (Wildman–Crippen LogP) is 2.94. The summed E-state index contributed by atoms with van der Waals surface area (Å²) in [4.78, 5) is 7.66. The van der Waals surface area contributed by atoms with Crippen molar-refractivity contribution in [1.82, 2.24) is 0 Å². The van der Waals surface area contributed by atoms with Crippen LogP contribution < -0.4 is 11.5 Å². The highest BCUT2D eigenvalue weighted by molar-refractivity contribution is 5.84. The van der Waals surface area contributed by atoms with Gasteiger partial charge in [0, 0.05) is 36.5 Å². The highest BCUT2D eigenvalue weighted by Gasteiger charge is 2.52. The van der Waals surface area contributed by atoms with Crippen LogP contribution in [0.25, 0.3) is 0 Å². The van der Waals surface area contributed by atoms with Gasteiger partial charge in [-0.1, -0.05) is 11.8 Å². The summed E-state index contributed by atoms with van der Waals surface area (Å²) < 4.78 is 72.3. The van der Waals surface area contributed by atoms with Crippen LogP contribution in [-0.4, -0.2) is 37.7 Å². The zero-order chi connectivity index (χ0) is 21.7. The first kappa shape index (κ1) is 22.2. The van der Waals surface area contributed by atoms with Crippen LogP contribution in [0.3, 0.4) is 0 Å². The number of nitrogens with zero attached hydrogens (tertiary/aromatic N) is 2. The Kier molecular flexibility index (Phi) is 6.84. The fraction of sp³-hybridized carbons (Fsp3) is 0.368. The van der Waals surface area contributed by atoms with Crippen LogP contribution in [0.1, 0.15) is 24.5 Å². The highest BCUT2D eigenvalue weighted by Crippen LogP contribution is 2.41. The summed E-state index contributed by atoms with van der Waals surface area (Å²) in [6.07, 6.45) is -5.54. The number of ether oxygens (including phenoxy) is 1. The number of benzene rings is 1. The molecule has 0 radical (unpaired) electrons. The molecule has 0 unspecified atom stereocenters. The Morgan fingerprint density at radius 3 is 2.76 bits per heavy atom. The lowest BCUT2D eigenvalue weighted by atomic mass is 9.84. The van der Waals surface area contributed by atoms with Gasteiger partial charge in [-0.3, -0.25) is 4.99 Å². The summed E-state index contributed by atoms with van der Waals surface area (Å²) in [5.41, 5.74) is 8.81. The molecule has 0 saturated heterocycles. The van der Waals surface area contributed by atoms with Crippen molar-refractivity contribution in [2.24, 2.45) is 21.5 Å². The highest BCUT2D eigenvalue weighted by atomic mass is 19.4. The number of rotatable bonds is 4. The predicted molar refractivity (Wildman–Crippen MR) is 99.4 cm³/mol. The molecule has 1 aliphatic rings. The van der Waals surface area contributed by atoms with Gasteiger partial charge in [-0.15, -0.1) is 0 Å². The van der Waals surface area contributed by atoms with Crippen molar-refractivity contribution in [3.63, 3.8) is 0 Å². The van der Waals surface area contributed by atoms with Crippen molar-refractivity contribution in [2.45, 2.75) is 31.2 Å². The maximum atomic E-state index is 14.5. The molecule has 1 aromatic rings. The average molecular weight is 414 g/mol. The smallest absolute Gasteiger partial charge is 0.425 e. The lowest BCUT2D eigenvalue weighted by molar-refractivity contribution is -0.209. The van der Waals surface area contributed by atoms with Crippen molar-refractivity contribution in [1.29, 1.82) is 0 Å². The molecule has 10 heteroatoms. The van der Waals surface area contributed by atoms with Crippen LogP contribution in [0.5, 0.6) is 0 Å². The molecule has 156 valence electrons. The van der Waals surface area contributed by atoms with Crippen molar-refractivity contribution >= 4 is 12.2 Å². The first-order valence-electron chi connectivity index (χ1n) is 8.53. The van der Waals surface area contributed by atoms with E-state index in [1.165, 1.54) is 18.5 Å². The molecule has 1 heterocycles. The topological polar surface area (TPSA) is 86.0 Å². The molecular weight excluding hydrogens is 395 g/mol. The van der Waals surface area contributed by atoms with Gasteiger partial charge in [0.2, 0.25) is 0 Å². The maximum absolute atomic E-state index is 14.5. The molecule has 0 fully saturated rings. The van der Waals surface area contributed by atoms with Gasteiger partial charge in [0.25, 0.3) is 6.02 Å². The third kappa shape index (κ3) is 5.25. The molecule has 0 aliphatic carbocycles. The lowest BCUT2D eigenvalue weighted by Gasteiger charge is -2.36. The fourth-order valence-electron chi connectivity index (χ4n) is 2.70. The van der Waals surface area contributed by atoms with E-state index in [1.54, 1.807) is 0 Å². The fourth-order valence-corrected chi connectivity index (χ4v) is 2.70. The quantitative estimate of drug-likeness (QED) is 0.451. The zero-order valence-electron chi connectivity index (χ0n) is 15.4. The molecular formula is C19H19F5N4O. The monoisotopic (exact) mass is 414 g/mol. The van der Waals surface area contributed by atoms with Gasteiger partial charge >= 0.3 is 6.18 Å². The number of amidine groups is 1. The van der Waals surface area contributed by atoms with Gasteiger partial charge < -0.3 is 16.2 Å². The summed E-state index contributed by atoms with van der Waals surface area (Å²) in [5.74, 6) is 4.46. The largest absolute Gasteiger partial charge is 0.452 e. The number of alkyl halides is 4. The maximum Gasteiger partial charge on any atom is 0.425 e. The van der Waals surface area contributed by atoms with E-state index >= 15 is 0 Å². The first-order chi connectivity index (χ1) is 13.6.